The summed E-state index contributed by atoms with van der Waals surface area (Å²) in [6, 6.07) is 9.81. The molecule has 4 heteroatoms. The highest BCUT2D eigenvalue weighted by Crippen LogP contribution is 2.46. The van der Waals surface area contributed by atoms with E-state index in [0.29, 0.717) is 0 Å². The fourth-order valence-electron chi connectivity index (χ4n) is 3.64. The number of hydrogen-bond acceptors (Lipinski definition) is 4. The largest absolute Gasteiger partial charge is 0.139 e. The van der Waals surface area contributed by atoms with Crippen LogP contribution in [-0.4, -0.2) is 0 Å². The Morgan fingerprint density at radius 3 is 1.46 bits per heavy atom. The van der Waals surface area contributed by atoms with Crippen molar-refractivity contribution in [2.75, 3.05) is 0 Å². The van der Waals surface area contributed by atoms with E-state index in [1.165, 1.54) is 77.5 Å². The quantitative estimate of drug-likeness (QED) is 0.260. The van der Waals surface area contributed by atoms with Crippen LogP contribution in [0.15, 0.2) is 24.3 Å². The van der Waals surface area contributed by atoms with E-state index in [4.69, 9.17) is 0 Å². The predicted molar refractivity (Wildman–Crippen MR) is 125 cm³/mol. The molecule has 0 N–H and O–H groups in total. The molecule has 5 aromatic rings. The van der Waals surface area contributed by atoms with Crippen LogP contribution in [0.3, 0.4) is 0 Å². The molecule has 0 aliphatic rings. The molecule has 0 amide bonds. The molecule has 134 valence electrons. The molecule has 0 aliphatic carbocycles. The zero-order chi connectivity index (χ0) is 17.7. The van der Waals surface area contributed by atoms with Crippen LogP contribution in [0.2, 0.25) is 0 Å². The third-order valence-electron chi connectivity index (χ3n) is 5.06. The second kappa shape index (κ2) is 6.90. The Balaban J connectivity index is 1.63. The first kappa shape index (κ1) is 17.2. The van der Waals surface area contributed by atoms with Gasteiger partial charge in [0.2, 0.25) is 0 Å². The van der Waals surface area contributed by atoms with Gasteiger partial charge in [0.25, 0.3) is 0 Å². The second-order valence-electron chi connectivity index (χ2n) is 7.07. The van der Waals surface area contributed by atoms with Crippen molar-refractivity contribution >= 4 is 84.3 Å². The van der Waals surface area contributed by atoms with Gasteiger partial charge in [0, 0.05) is 39.3 Å². The monoisotopic (exact) mass is 414 g/mol. The van der Waals surface area contributed by atoms with Gasteiger partial charge in [0.1, 0.15) is 0 Å². The van der Waals surface area contributed by atoms with Crippen LogP contribution in [0.5, 0.6) is 0 Å². The highest BCUT2D eigenvalue weighted by atomic mass is 32.1. The molecule has 1 aromatic carbocycles. The Morgan fingerprint density at radius 1 is 0.577 bits per heavy atom. The fraction of sp³-hybridized carbons (Fsp3) is 0.364. The Kier molecular flexibility index (Phi) is 4.56. The van der Waals surface area contributed by atoms with Gasteiger partial charge in [0.05, 0.1) is 9.40 Å². The van der Waals surface area contributed by atoms with Gasteiger partial charge in [-0.1, -0.05) is 26.7 Å². The zero-order valence-corrected chi connectivity index (χ0v) is 18.5. The SMILES string of the molecule is CCCCc1cc2sc3cc4c(cc3c2s1)sc1cc(CCCC)sc14. The molecule has 5 rings (SSSR count). The normalized spacial score (nSPS) is 12.4. The van der Waals surface area contributed by atoms with Gasteiger partial charge in [-0.25, -0.2) is 0 Å². The molecule has 0 radical (unpaired) electrons. The third kappa shape index (κ3) is 2.82. The van der Waals surface area contributed by atoms with Gasteiger partial charge in [-0.3, -0.25) is 0 Å². The summed E-state index contributed by atoms with van der Waals surface area (Å²) in [6.07, 6.45) is 7.64. The molecular formula is C22H22S4. The van der Waals surface area contributed by atoms with Crippen molar-refractivity contribution in [3.8, 4) is 0 Å². The molecule has 0 fully saturated rings. The lowest BCUT2D eigenvalue weighted by Gasteiger charge is -1.95. The molecule has 4 aromatic heterocycles. The molecule has 0 bridgehead atoms. The second-order valence-corrected chi connectivity index (χ2v) is 11.5. The Labute approximate surface area is 170 Å². The van der Waals surface area contributed by atoms with Gasteiger partial charge < -0.3 is 0 Å². The average molecular weight is 415 g/mol. The van der Waals surface area contributed by atoms with Crippen molar-refractivity contribution in [1.82, 2.24) is 0 Å². The summed E-state index contributed by atoms with van der Waals surface area (Å²) in [7, 11) is 0. The average Bonchev–Trinajstić information content (AvgIpc) is 3.35. The summed E-state index contributed by atoms with van der Waals surface area (Å²) < 4.78 is 8.92. The Morgan fingerprint density at radius 2 is 1.04 bits per heavy atom. The van der Waals surface area contributed by atoms with Crippen molar-refractivity contribution in [1.29, 1.82) is 0 Å². The van der Waals surface area contributed by atoms with E-state index in [0.717, 1.165) is 0 Å². The number of unbranched alkanes of at least 4 members (excludes halogenated alkanes) is 2. The molecule has 0 spiro atoms. The van der Waals surface area contributed by atoms with Crippen molar-refractivity contribution in [3.05, 3.63) is 34.0 Å². The topological polar surface area (TPSA) is 0 Å². The van der Waals surface area contributed by atoms with Gasteiger partial charge in [-0.2, -0.15) is 0 Å². The maximum Gasteiger partial charge on any atom is 0.0532 e. The molecule has 0 atom stereocenters. The lowest BCUT2D eigenvalue weighted by atomic mass is 10.2. The maximum absolute atomic E-state index is 2.46. The number of fused-ring (bicyclic) bond motifs is 6. The zero-order valence-electron chi connectivity index (χ0n) is 15.2. The third-order valence-corrected chi connectivity index (χ3v) is 9.98. The van der Waals surface area contributed by atoms with E-state index >= 15 is 0 Å². The molecule has 4 heterocycles. The first-order valence-corrected chi connectivity index (χ1v) is 12.8. The van der Waals surface area contributed by atoms with Gasteiger partial charge in [-0.05, 0) is 49.9 Å². The fourth-order valence-corrected chi connectivity index (χ4v) is 8.84. The number of benzene rings is 1. The molecule has 0 aliphatic heterocycles. The highest BCUT2D eigenvalue weighted by molar-refractivity contribution is 7.34. The van der Waals surface area contributed by atoms with Crippen LogP contribution in [0.25, 0.3) is 39.0 Å². The van der Waals surface area contributed by atoms with E-state index < -0.39 is 0 Å². The minimum absolute atomic E-state index is 1.24. The van der Waals surface area contributed by atoms with Crippen LogP contribution in [-0.2, 0) is 12.8 Å². The van der Waals surface area contributed by atoms with E-state index in [2.05, 4.69) is 38.1 Å². The Hall–Kier alpha value is -0.940. The summed E-state index contributed by atoms with van der Waals surface area (Å²) in [6.45, 7) is 4.55. The smallest absolute Gasteiger partial charge is 0.0532 e. The summed E-state index contributed by atoms with van der Waals surface area (Å²) in [5.41, 5.74) is 0. The summed E-state index contributed by atoms with van der Waals surface area (Å²) in [4.78, 5) is 3.12. The van der Waals surface area contributed by atoms with Crippen molar-refractivity contribution in [2.45, 2.75) is 52.4 Å². The first-order chi connectivity index (χ1) is 12.8. The van der Waals surface area contributed by atoms with Crippen LogP contribution >= 0.6 is 45.3 Å². The van der Waals surface area contributed by atoms with Crippen LogP contribution in [0.1, 0.15) is 49.3 Å². The summed E-state index contributed by atoms with van der Waals surface area (Å²) in [5, 5.41) is 2.95. The minimum Gasteiger partial charge on any atom is -0.139 e. The van der Waals surface area contributed by atoms with Crippen molar-refractivity contribution < 1.29 is 0 Å². The van der Waals surface area contributed by atoms with Gasteiger partial charge in [0.15, 0.2) is 0 Å². The molecule has 0 saturated heterocycles. The standard InChI is InChI=1S/C22H22S4/c1-3-5-7-13-9-19-21(23-13)15-11-18-16(12-17(15)25-19)22-20(26-18)10-14(24-22)8-6-4-2/h9-12H,3-8H2,1-2H3. The Bertz CT molecular complexity index is 1110. The lowest BCUT2D eigenvalue weighted by Crippen LogP contribution is -1.76. The van der Waals surface area contributed by atoms with E-state index in [-0.39, 0.29) is 0 Å². The molecular weight excluding hydrogens is 393 g/mol. The van der Waals surface area contributed by atoms with E-state index in [1.807, 2.05) is 45.3 Å². The van der Waals surface area contributed by atoms with Crippen molar-refractivity contribution in [3.63, 3.8) is 0 Å². The van der Waals surface area contributed by atoms with Crippen molar-refractivity contribution in [2.24, 2.45) is 0 Å². The van der Waals surface area contributed by atoms with E-state index in [9.17, 15) is 0 Å². The molecule has 0 nitrogen and oxygen atoms in total. The highest BCUT2D eigenvalue weighted by Gasteiger charge is 2.15. The first-order valence-electron chi connectivity index (χ1n) is 9.56. The molecule has 0 unspecified atom stereocenters. The number of hydrogen-bond donors (Lipinski definition) is 0. The predicted octanol–water partition coefficient (Wildman–Crippen LogP) is 9.23. The minimum atomic E-state index is 1.24. The molecule has 26 heavy (non-hydrogen) atoms. The summed E-state index contributed by atoms with van der Waals surface area (Å²) in [5.74, 6) is 0. The van der Waals surface area contributed by atoms with Gasteiger partial charge >= 0.3 is 0 Å². The number of aryl methyl sites for hydroxylation is 2. The van der Waals surface area contributed by atoms with E-state index in [1.54, 1.807) is 9.75 Å². The van der Waals surface area contributed by atoms with Crippen LogP contribution in [0, 0.1) is 0 Å². The van der Waals surface area contributed by atoms with Crippen LogP contribution < -0.4 is 0 Å². The van der Waals surface area contributed by atoms with Gasteiger partial charge in [-0.15, -0.1) is 45.3 Å². The van der Waals surface area contributed by atoms with Crippen LogP contribution in [0.4, 0.5) is 0 Å². The maximum atomic E-state index is 2.46. The number of rotatable bonds is 6. The molecule has 0 saturated carbocycles. The summed E-state index contributed by atoms with van der Waals surface area (Å²) >= 11 is 8.01. The lowest BCUT2D eigenvalue weighted by molar-refractivity contribution is 0.804. The number of thiophene rings is 4.